The van der Waals surface area contributed by atoms with Gasteiger partial charge in [0, 0.05) is 12.0 Å². The highest BCUT2D eigenvalue weighted by atomic mass is 35.5. The molecule has 0 heterocycles. The quantitative estimate of drug-likeness (QED) is 0.649. The van der Waals surface area contributed by atoms with E-state index in [1.807, 2.05) is 6.07 Å². The van der Waals surface area contributed by atoms with E-state index in [4.69, 9.17) is 17.3 Å². The second-order valence-electron chi connectivity index (χ2n) is 7.75. The summed E-state index contributed by atoms with van der Waals surface area (Å²) in [5.74, 6) is 2.91. The molecular weight excluding hydrogens is 282 g/mol. The molecule has 0 aromatic heterocycles. The summed E-state index contributed by atoms with van der Waals surface area (Å²) < 4.78 is 0. The Balaban J connectivity index is 1.55. The molecule has 0 aliphatic heterocycles. The van der Waals surface area contributed by atoms with Crippen LogP contribution in [-0.2, 0) is 0 Å². The lowest BCUT2D eigenvalue weighted by Gasteiger charge is -2.56. The molecular formula is C18H22ClNO. The van der Waals surface area contributed by atoms with Crippen molar-refractivity contribution < 1.29 is 4.79 Å². The van der Waals surface area contributed by atoms with Gasteiger partial charge in [0.1, 0.15) is 0 Å². The summed E-state index contributed by atoms with van der Waals surface area (Å²) >= 11 is 6.06. The first kappa shape index (κ1) is 13.6. The van der Waals surface area contributed by atoms with Crippen molar-refractivity contribution >= 4 is 23.1 Å². The SMILES string of the molecule is Nc1ccc(C(=O)CC23CC4CC(CC(C4)C2)C3)cc1Cl. The van der Waals surface area contributed by atoms with Crippen LogP contribution in [0.15, 0.2) is 18.2 Å². The number of benzene rings is 1. The van der Waals surface area contributed by atoms with Crippen molar-refractivity contribution in [2.75, 3.05) is 5.73 Å². The molecule has 0 amide bonds. The molecule has 0 radical (unpaired) electrons. The van der Waals surface area contributed by atoms with Gasteiger partial charge in [0.25, 0.3) is 0 Å². The number of carbonyl (C=O) groups excluding carboxylic acids is 1. The molecule has 1 aromatic carbocycles. The van der Waals surface area contributed by atoms with Crippen LogP contribution >= 0.6 is 11.6 Å². The molecule has 21 heavy (non-hydrogen) atoms. The van der Waals surface area contributed by atoms with E-state index in [-0.39, 0.29) is 5.78 Å². The Hall–Kier alpha value is -1.02. The van der Waals surface area contributed by atoms with E-state index in [0.717, 1.165) is 23.3 Å². The number of nitrogen functional groups attached to an aromatic ring is 1. The van der Waals surface area contributed by atoms with Crippen molar-refractivity contribution in [3.05, 3.63) is 28.8 Å². The Morgan fingerprint density at radius 3 is 2.24 bits per heavy atom. The fourth-order valence-electron chi connectivity index (χ4n) is 5.65. The van der Waals surface area contributed by atoms with Crippen LogP contribution in [0.25, 0.3) is 0 Å². The molecule has 0 saturated heterocycles. The molecule has 4 fully saturated rings. The number of halogens is 1. The first-order valence-electron chi connectivity index (χ1n) is 8.11. The van der Waals surface area contributed by atoms with Crippen LogP contribution in [0, 0.1) is 23.2 Å². The largest absolute Gasteiger partial charge is 0.398 e. The summed E-state index contributed by atoms with van der Waals surface area (Å²) in [5.41, 5.74) is 7.30. The zero-order valence-corrected chi connectivity index (χ0v) is 13.0. The molecule has 0 spiro atoms. The lowest BCUT2D eigenvalue weighted by Crippen LogP contribution is -2.46. The van der Waals surface area contributed by atoms with E-state index < -0.39 is 0 Å². The zero-order valence-electron chi connectivity index (χ0n) is 12.3. The monoisotopic (exact) mass is 303 g/mol. The van der Waals surface area contributed by atoms with Gasteiger partial charge in [-0.15, -0.1) is 0 Å². The van der Waals surface area contributed by atoms with E-state index in [9.17, 15) is 4.79 Å². The third-order valence-electron chi connectivity index (χ3n) is 6.02. The van der Waals surface area contributed by atoms with Crippen LogP contribution in [-0.4, -0.2) is 5.78 Å². The first-order chi connectivity index (χ1) is 10.0. The highest BCUT2D eigenvalue weighted by Crippen LogP contribution is 2.61. The topological polar surface area (TPSA) is 43.1 Å². The fraction of sp³-hybridized carbons (Fsp3) is 0.611. The summed E-state index contributed by atoms with van der Waals surface area (Å²) in [5, 5.41) is 0.492. The van der Waals surface area contributed by atoms with E-state index in [0.29, 0.717) is 22.5 Å². The summed E-state index contributed by atoms with van der Waals surface area (Å²) in [7, 11) is 0. The van der Waals surface area contributed by atoms with E-state index >= 15 is 0 Å². The Labute approximate surface area is 131 Å². The van der Waals surface area contributed by atoms with Gasteiger partial charge in [-0.25, -0.2) is 0 Å². The van der Waals surface area contributed by atoms with Crippen molar-refractivity contribution in [2.45, 2.75) is 44.9 Å². The molecule has 4 aliphatic carbocycles. The molecule has 2 nitrogen and oxygen atoms in total. The minimum atomic E-state index is 0.249. The first-order valence-corrected chi connectivity index (χ1v) is 8.49. The van der Waals surface area contributed by atoms with Crippen molar-refractivity contribution in [1.29, 1.82) is 0 Å². The maximum atomic E-state index is 12.7. The molecule has 0 atom stereocenters. The maximum Gasteiger partial charge on any atom is 0.163 e. The van der Waals surface area contributed by atoms with E-state index in [1.54, 1.807) is 12.1 Å². The highest BCUT2D eigenvalue weighted by molar-refractivity contribution is 6.33. The number of ketones is 1. The number of nitrogens with two attached hydrogens (primary N) is 1. The summed E-state index contributed by atoms with van der Waals surface area (Å²) in [4.78, 5) is 12.7. The van der Waals surface area contributed by atoms with Gasteiger partial charge in [0.2, 0.25) is 0 Å². The average Bonchev–Trinajstić information content (AvgIpc) is 2.39. The van der Waals surface area contributed by atoms with Gasteiger partial charge < -0.3 is 5.73 Å². The third-order valence-corrected chi connectivity index (χ3v) is 6.35. The summed E-state index contributed by atoms with van der Waals surface area (Å²) in [6, 6.07) is 5.30. The molecule has 0 unspecified atom stereocenters. The molecule has 4 saturated carbocycles. The van der Waals surface area contributed by atoms with Crippen molar-refractivity contribution in [2.24, 2.45) is 23.2 Å². The zero-order chi connectivity index (χ0) is 14.6. The summed E-state index contributed by atoms with van der Waals surface area (Å²) in [6.07, 6.45) is 8.77. The summed E-state index contributed by atoms with van der Waals surface area (Å²) in [6.45, 7) is 0. The van der Waals surface area contributed by atoms with E-state index in [1.165, 1.54) is 38.5 Å². The highest BCUT2D eigenvalue weighted by Gasteiger charge is 2.51. The molecule has 4 aliphatic rings. The van der Waals surface area contributed by atoms with Gasteiger partial charge in [0.05, 0.1) is 10.7 Å². The number of Topliss-reactive ketones (excluding diaryl/α,β-unsaturated/α-hetero) is 1. The van der Waals surface area contributed by atoms with Crippen LogP contribution in [0.5, 0.6) is 0 Å². The second kappa shape index (κ2) is 4.74. The van der Waals surface area contributed by atoms with Crippen LogP contribution in [0.3, 0.4) is 0 Å². The predicted molar refractivity (Wildman–Crippen MR) is 85.4 cm³/mol. The van der Waals surface area contributed by atoms with Crippen LogP contribution < -0.4 is 5.73 Å². The van der Waals surface area contributed by atoms with Crippen LogP contribution in [0.4, 0.5) is 5.69 Å². The van der Waals surface area contributed by atoms with Gasteiger partial charge in [-0.2, -0.15) is 0 Å². The normalized spacial score (nSPS) is 36.9. The van der Waals surface area contributed by atoms with Gasteiger partial charge >= 0.3 is 0 Å². The van der Waals surface area contributed by atoms with Crippen LogP contribution in [0.1, 0.15) is 55.3 Å². The number of rotatable bonds is 3. The Morgan fingerprint density at radius 2 is 1.71 bits per heavy atom. The van der Waals surface area contributed by atoms with Gasteiger partial charge in [-0.05, 0) is 79.9 Å². The van der Waals surface area contributed by atoms with Gasteiger partial charge in [-0.3, -0.25) is 4.79 Å². The van der Waals surface area contributed by atoms with Crippen LogP contribution in [0.2, 0.25) is 5.02 Å². The number of carbonyl (C=O) groups is 1. The number of hydrogen-bond acceptors (Lipinski definition) is 2. The Morgan fingerprint density at radius 1 is 1.14 bits per heavy atom. The predicted octanol–water partition coefficient (Wildman–Crippen LogP) is 4.71. The standard InChI is InChI=1S/C18H22ClNO/c19-15-6-14(1-2-16(15)20)17(21)10-18-7-11-3-12(8-18)5-13(4-11)9-18/h1-2,6,11-13H,3-5,7-10,20H2. The van der Waals surface area contributed by atoms with Crippen molar-refractivity contribution in [3.63, 3.8) is 0 Å². The third kappa shape index (κ3) is 2.38. The number of hydrogen-bond donors (Lipinski definition) is 1. The number of anilines is 1. The smallest absolute Gasteiger partial charge is 0.163 e. The maximum absolute atomic E-state index is 12.7. The molecule has 4 bridgehead atoms. The Kier molecular flexibility index (Phi) is 3.08. The van der Waals surface area contributed by atoms with E-state index in [2.05, 4.69) is 0 Å². The lowest BCUT2D eigenvalue weighted by molar-refractivity contribution is -0.0524. The lowest BCUT2D eigenvalue weighted by atomic mass is 9.48. The van der Waals surface area contributed by atoms with Gasteiger partial charge in [-0.1, -0.05) is 11.6 Å². The van der Waals surface area contributed by atoms with Gasteiger partial charge in [0.15, 0.2) is 5.78 Å². The minimum Gasteiger partial charge on any atom is -0.398 e. The van der Waals surface area contributed by atoms with Crippen molar-refractivity contribution in [1.82, 2.24) is 0 Å². The molecule has 1 aromatic rings. The minimum absolute atomic E-state index is 0.249. The second-order valence-corrected chi connectivity index (χ2v) is 8.16. The molecule has 2 N–H and O–H groups in total. The fourth-order valence-corrected chi connectivity index (χ4v) is 5.83. The Bertz CT molecular complexity index is 560. The van der Waals surface area contributed by atoms with Crippen molar-refractivity contribution in [3.8, 4) is 0 Å². The molecule has 3 heteroatoms. The average molecular weight is 304 g/mol. The molecule has 5 rings (SSSR count). The molecule has 112 valence electrons.